The van der Waals surface area contributed by atoms with Crippen molar-refractivity contribution in [3.63, 3.8) is 0 Å². The molecule has 0 aromatic heterocycles. The van der Waals surface area contributed by atoms with Crippen molar-refractivity contribution in [1.82, 2.24) is 0 Å². The molecule has 0 aromatic carbocycles. The second-order valence-corrected chi connectivity index (χ2v) is 5.16. The van der Waals surface area contributed by atoms with Crippen molar-refractivity contribution in [2.45, 2.75) is 46.5 Å². The Balaban J connectivity index is 2.19. The zero-order valence-electron chi connectivity index (χ0n) is 10.7. The molecule has 0 radical (unpaired) electrons. The highest BCUT2D eigenvalue weighted by Gasteiger charge is 2.21. The molecule has 17 heavy (non-hydrogen) atoms. The van der Waals surface area contributed by atoms with E-state index >= 15 is 0 Å². The Morgan fingerprint density at radius 3 is 1.88 bits per heavy atom. The van der Waals surface area contributed by atoms with Crippen LogP contribution in [0.5, 0.6) is 0 Å². The van der Waals surface area contributed by atoms with Gasteiger partial charge in [-0.15, -0.1) is 5.73 Å². The average molecular weight is 230 g/mol. The molecule has 2 nitrogen and oxygen atoms in total. The van der Waals surface area contributed by atoms with Gasteiger partial charge in [0, 0.05) is 12.0 Å². The molecule has 0 bridgehead atoms. The summed E-state index contributed by atoms with van der Waals surface area (Å²) in [7, 11) is 0. The van der Waals surface area contributed by atoms with Crippen LogP contribution in [0.2, 0.25) is 0 Å². The molecule has 0 atom stereocenters. The minimum atomic E-state index is -0.777. The highest BCUT2D eigenvalue weighted by atomic mass is 16.4. The Labute approximate surface area is 102 Å². The van der Waals surface area contributed by atoms with Crippen LogP contribution >= 0.6 is 0 Å². The first-order valence-electron chi connectivity index (χ1n) is 6.01. The van der Waals surface area contributed by atoms with Crippen LogP contribution in [0, 0.1) is 0 Å². The van der Waals surface area contributed by atoms with Crippen LogP contribution in [0.4, 0.5) is 0 Å². The van der Waals surface area contributed by atoms with Crippen LogP contribution in [-0.2, 0) is 4.79 Å². The normalized spacial score (nSPS) is 20.4. The van der Waals surface area contributed by atoms with Crippen LogP contribution in [-0.4, -0.2) is 11.1 Å². The van der Waals surface area contributed by atoms with Gasteiger partial charge in [0.15, 0.2) is 0 Å². The fourth-order valence-electron chi connectivity index (χ4n) is 2.54. The van der Waals surface area contributed by atoms with E-state index < -0.39 is 5.97 Å². The van der Waals surface area contributed by atoms with Crippen LogP contribution < -0.4 is 0 Å². The van der Waals surface area contributed by atoms with Crippen molar-refractivity contribution < 1.29 is 9.90 Å². The van der Waals surface area contributed by atoms with E-state index in [2.05, 4.69) is 19.6 Å². The van der Waals surface area contributed by atoms with E-state index in [1.165, 1.54) is 16.7 Å². The molecule has 0 saturated carbocycles. The molecular formula is C15H18O2. The molecule has 1 N–H and O–H groups in total. The summed E-state index contributed by atoms with van der Waals surface area (Å²) in [4.78, 5) is 11.0. The van der Waals surface area contributed by atoms with Gasteiger partial charge in [0.05, 0.1) is 0 Å². The molecule has 0 aromatic rings. The van der Waals surface area contributed by atoms with Crippen molar-refractivity contribution >= 4 is 5.97 Å². The molecule has 0 amide bonds. The lowest BCUT2D eigenvalue weighted by atomic mass is 10.1. The number of aliphatic carboxylic acids is 1. The maximum Gasteiger partial charge on any atom is 0.331 e. The van der Waals surface area contributed by atoms with Gasteiger partial charge in [0.1, 0.15) is 0 Å². The molecule has 0 heterocycles. The molecule has 2 rings (SSSR count). The summed E-state index contributed by atoms with van der Waals surface area (Å²) in [6.07, 6.45) is 3.37. The molecule has 0 spiro atoms. The third kappa shape index (κ3) is 2.42. The van der Waals surface area contributed by atoms with Gasteiger partial charge in [-0.3, -0.25) is 0 Å². The van der Waals surface area contributed by atoms with Crippen LogP contribution in [0.15, 0.2) is 39.2 Å². The first-order valence-corrected chi connectivity index (χ1v) is 6.01. The summed E-state index contributed by atoms with van der Waals surface area (Å²) in [5, 5.41) is 9.03. The van der Waals surface area contributed by atoms with Gasteiger partial charge in [0.25, 0.3) is 0 Å². The Morgan fingerprint density at radius 1 is 0.941 bits per heavy atom. The van der Waals surface area contributed by atoms with Crippen molar-refractivity contribution in [1.29, 1.82) is 0 Å². The van der Waals surface area contributed by atoms with E-state index in [0.717, 1.165) is 30.4 Å². The summed E-state index contributed by atoms with van der Waals surface area (Å²) in [5.74, 6) is -0.777. The minimum absolute atomic E-state index is 0.563. The first kappa shape index (κ1) is 11.9. The number of hydrogen-bond donors (Lipinski definition) is 1. The summed E-state index contributed by atoms with van der Waals surface area (Å²) in [5.41, 5.74) is 10.3. The third-order valence-corrected chi connectivity index (χ3v) is 3.68. The van der Waals surface area contributed by atoms with Gasteiger partial charge >= 0.3 is 5.97 Å². The molecule has 0 unspecified atom stereocenters. The monoisotopic (exact) mass is 230 g/mol. The van der Waals surface area contributed by atoms with E-state index in [1.807, 2.05) is 6.92 Å². The number of carbonyl (C=O) groups is 1. The zero-order chi connectivity index (χ0) is 12.6. The van der Waals surface area contributed by atoms with E-state index in [9.17, 15) is 4.79 Å². The summed E-state index contributed by atoms with van der Waals surface area (Å²) < 4.78 is 0. The molecule has 2 aliphatic carbocycles. The maximum atomic E-state index is 11.0. The number of carboxylic acid groups (broad SMARTS) is 1. The standard InChI is InChI=1S/C15H18O2/c1-9-4-12(5-10(9)2)7-13-6-11(3)14(8-13)15(16)17/h4-6,8H2,1-3H3,(H,16,17). The summed E-state index contributed by atoms with van der Waals surface area (Å²) >= 11 is 0. The van der Waals surface area contributed by atoms with Crippen LogP contribution in [0.25, 0.3) is 0 Å². The number of rotatable bonds is 1. The predicted molar refractivity (Wildman–Crippen MR) is 67.7 cm³/mol. The average Bonchev–Trinajstić information content (AvgIpc) is 2.72. The van der Waals surface area contributed by atoms with Gasteiger partial charge in [-0.1, -0.05) is 16.7 Å². The minimum Gasteiger partial charge on any atom is -0.478 e. The van der Waals surface area contributed by atoms with Crippen molar-refractivity contribution in [2.24, 2.45) is 0 Å². The van der Waals surface area contributed by atoms with Gasteiger partial charge in [0.2, 0.25) is 0 Å². The van der Waals surface area contributed by atoms with Crippen LogP contribution in [0.3, 0.4) is 0 Å². The largest absolute Gasteiger partial charge is 0.478 e. The lowest BCUT2D eigenvalue weighted by Crippen LogP contribution is -1.98. The Kier molecular flexibility index (Phi) is 3.08. The van der Waals surface area contributed by atoms with Crippen molar-refractivity contribution in [3.05, 3.63) is 39.2 Å². The van der Waals surface area contributed by atoms with E-state index in [1.54, 1.807) is 0 Å². The Bertz CT molecular complexity index is 493. The highest BCUT2D eigenvalue weighted by Crippen LogP contribution is 2.33. The second kappa shape index (κ2) is 4.38. The fourth-order valence-corrected chi connectivity index (χ4v) is 2.54. The third-order valence-electron chi connectivity index (χ3n) is 3.68. The second-order valence-electron chi connectivity index (χ2n) is 5.16. The Hall–Kier alpha value is -1.53. The molecule has 0 aliphatic heterocycles. The zero-order valence-corrected chi connectivity index (χ0v) is 10.7. The van der Waals surface area contributed by atoms with Gasteiger partial charge in [-0.05, 0) is 51.2 Å². The van der Waals surface area contributed by atoms with E-state index in [-0.39, 0.29) is 0 Å². The topological polar surface area (TPSA) is 37.3 Å². The number of allylic oxidation sites excluding steroid dienone is 4. The maximum absolute atomic E-state index is 11.0. The lowest BCUT2D eigenvalue weighted by Gasteiger charge is -1.95. The summed E-state index contributed by atoms with van der Waals surface area (Å²) in [6.45, 7) is 6.23. The molecule has 90 valence electrons. The molecule has 0 saturated heterocycles. The molecular weight excluding hydrogens is 212 g/mol. The predicted octanol–water partition coefficient (Wildman–Crippen LogP) is 3.76. The quantitative estimate of drug-likeness (QED) is 0.550. The lowest BCUT2D eigenvalue weighted by molar-refractivity contribution is -0.132. The number of carboxylic acids is 1. The van der Waals surface area contributed by atoms with E-state index in [4.69, 9.17) is 5.11 Å². The van der Waals surface area contributed by atoms with E-state index in [0.29, 0.717) is 12.0 Å². The SMILES string of the molecule is CC1=C(C)CC(=C=C2CC(C)=C(C(=O)O)C2)C1. The van der Waals surface area contributed by atoms with Crippen LogP contribution in [0.1, 0.15) is 46.5 Å². The van der Waals surface area contributed by atoms with Crippen molar-refractivity contribution in [3.8, 4) is 0 Å². The number of hydrogen-bond acceptors (Lipinski definition) is 1. The molecule has 2 heteroatoms. The summed E-state index contributed by atoms with van der Waals surface area (Å²) in [6, 6.07) is 0. The smallest absolute Gasteiger partial charge is 0.331 e. The fraction of sp³-hybridized carbons (Fsp3) is 0.467. The Morgan fingerprint density at radius 2 is 1.41 bits per heavy atom. The van der Waals surface area contributed by atoms with Crippen molar-refractivity contribution in [2.75, 3.05) is 0 Å². The first-order chi connectivity index (χ1) is 7.97. The van der Waals surface area contributed by atoms with Gasteiger partial charge in [-0.2, -0.15) is 0 Å². The molecule has 0 fully saturated rings. The van der Waals surface area contributed by atoms with Gasteiger partial charge < -0.3 is 5.11 Å². The van der Waals surface area contributed by atoms with Gasteiger partial charge in [-0.25, -0.2) is 4.79 Å². The highest BCUT2D eigenvalue weighted by molar-refractivity contribution is 5.89. The molecule has 2 aliphatic rings.